The van der Waals surface area contributed by atoms with Crippen molar-refractivity contribution < 1.29 is 8.78 Å². The van der Waals surface area contributed by atoms with Crippen molar-refractivity contribution in [3.05, 3.63) is 65.2 Å². The molecule has 2 rings (SSSR count). The van der Waals surface area contributed by atoms with Crippen molar-refractivity contribution in [2.24, 2.45) is 0 Å². The molecular formula is C16H17F2NS. The van der Waals surface area contributed by atoms with Crippen molar-refractivity contribution in [2.45, 2.75) is 17.9 Å². The second kappa shape index (κ2) is 6.86. The first kappa shape index (κ1) is 15.0. The van der Waals surface area contributed by atoms with E-state index in [2.05, 4.69) is 5.32 Å². The fraction of sp³-hybridized carbons (Fsp3) is 0.250. The average Bonchev–Trinajstić information content (AvgIpc) is 2.47. The molecule has 4 heteroatoms. The standard InChI is InChI=1S/C16H17F2NS/c1-11-8-9-13(17)15(16(11)18)14(19-2)10-20-12-6-4-3-5-7-12/h3-9,14,19H,10H2,1-2H3. The molecule has 0 aliphatic rings. The molecule has 2 aromatic rings. The minimum absolute atomic E-state index is 0.121. The molecular weight excluding hydrogens is 276 g/mol. The lowest BCUT2D eigenvalue weighted by atomic mass is 10.0. The highest BCUT2D eigenvalue weighted by atomic mass is 32.2. The summed E-state index contributed by atoms with van der Waals surface area (Å²) in [6.45, 7) is 1.65. The van der Waals surface area contributed by atoms with Crippen LogP contribution in [0.3, 0.4) is 0 Å². The molecule has 0 radical (unpaired) electrons. The molecule has 0 saturated heterocycles. The first-order valence-electron chi connectivity index (χ1n) is 6.43. The van der Waals surface area contributed by atoms with Crippen LogP contribution in [0.25, 0.3) is 0 Å². The molecule has 0 bridgehead atoms. The highest BCUT2D eigenvalue weighted by Gasteiger charge is 2.20. The zero-order valence-electron chi connectivity index (χ0n) is 11.5. The average molecular weight is 293 g/mol. The lowest BCUT2D eigenvalue weighted by Crippen LogP contribution is -2.22. The summed E-state index contributed by atoms with van der Waals surface area (Å²) in [5.74, 6) is -0.392. The molecule has 1 atom stereocenters. The Hall–Kier alpha value is -1.39. The number of hydrogen-bond acceptors (Lipinski definition) is 2. The van der Waals surface area contributed by atoms with Gasteiger partial charge in [0.15, 0.2) is 0 Å². The van der Waals surface area contributed by atoms with Gasteiger partial charge in [0.1, 0.15) is 11.6 Å². The molecule has 0 aliphatic heterocycles. The Morgan fingerprint density at radius 2 is 1.80 bits per heavy atom. The minimum Gasteiger partial charge on any atom is -0.312 e. The third-order valence-electron chi connectivity index (χ3n) is 3.18. The fourth-order valence-corrected chi connectivity index (χ4v) is 3.05. The van der Waals surface area contributed by atoms with Crippen LogP contribution in [0.1, 0.15) is 17.2 Å². The van der Waals surface area contributed by atoms with Crippen LogP contribution in [0.15, 0.2) is 47.4 Å². The van der Waals surface area contributed by atoms with Gasteiger partial charge >= 0.3 is 0 Å². The first-order valence-corrected chi connectivity index (χ1v) is 7.41. The fourth-order valence-electron chi connectivity index (χ4n) is 2.01. The van der Waals surface area contributed by atoms with E-state index in [1.165, 1.54) is 12.1 Å². The van der Waals surface area contributed by atoms with Crippen molar-refractivity contribution in [3.8, 4) is 0 Å². The lowest BCUT2D eigenvalue weighted by molar-refractivity contribution is 0.509. The topological polar surface area (TPSA) is 12.0 Å². The van der Waals surface area contributed by atoms with Gasteiger partial charge < -0.3 is 5.32 Å². The van der Waals surface area contributed by atoms with Crippen LogP contribution >= 0.6 is 11.8 Å². The van der Waals surface area contributed by atoms with Gasteiger partial charge in [-0.25, -0.2) is 8.78 Å². The third-order valence-corrected chi connectivity index (χ3v) is 4.28. The van der Waals surface area contributed by atoms with Crippen LogP contribution < -0.4 is 5.32 Å². The molecule has 0 aliphatic carbocycles. The van der Waals surface area contributed by atoms with Crippen molar-refractivity contribution in [2.75, 3.05) is 12.8 Å². The lowest BCUT2D eigenvalue weighted by Gasteiger charge is -2.18. The van der Waals surface area contributed by atoms with E-state index >= 15 is 0 Å². The summed E-state index contributed by atoms with van der Waals surface area (Å²) in [5.41, 5.74) is 0.585. The van der Waals surface area contributed by atoms with Gasteiger partial charge in [0.05, 0.1) is 0 Å². The Bertz CT molecular complexity index is 572. The summed E-state index contributed by atoms with van der Waals surface area (Å²) in [4.78, 5) is 1.08. The number of hydrogen-bond donors (Lipinski definition) is 1. The normalized spacial score (nSPS) is 12.4. The Labute approximate surface area is 122 Å². The highest BCUT2D eigenvalue weighted by molar-refractivity contribution is 7.99. The van der Waals surface area contributed by atoms with Gasteiger partial charge in [0.2, 0.25) is 0 Å². The molecule has 2 aromatic carbocycles. The van der Waals surface area contributed by atoms with E-state index in [1.807, 2.05) is 30.3 Å². The summed E-state index contributed by atoms with van der Waals surface area (Å²) in [6.07, 6.45) is 0. The smallest absolute Gasteiger partial charge is 0.133 e. The van der Waals surface area contributed by atoms with Crippen LogP contribution in [0, 0.1) is 18.6 Å². The molecule has 1 unspecified atom stereocenters. The van der Waals surface area contributed by atoms with Gasteiger partial charge in [-0.05, 0) is 37.7 Å². The first-order chi connectivity index (χ1) is 9.63. The molecule has 20 heavy (non-hydrogen) atoms. The zero-order valence-corrected chi connectivity index (χ0v) is 12.3. The SMILES string of the molecule is CNC(CSc1ccccc1)c1c(F)ccc(C)c1F. The molecule has 106 valence electrons. The van der Waals surface area contributed by atoms with E-state index in [0.717, 1.165) is 4.90 Å². The van der Waals surface area contributed by atoms with E-state index < -0.39 is 11.6 Å². The van der Waals surface area contributed by atoms with Crippen molar-refractivity contribution >= 4 is 11.8 Å². The number of benzene rings is 2. The summed E-state index contributed by atoms with van der Waals surface area (Å²) < 4.78 is 28.0. The molecule has 0 fully saturated rings. The molecule has 1 nitrogen and oxygen atoms in total. The predicted molar refractivity (Wildman–Crippen MR) is 80.1 cm³/mol. The molecule has 0 saturated carbocycles. The van der Waals surface area contributed by atoms with Gasteiger partial charge in [0.25, 0.3) is 0 Å². The van der Waals surface area contributed by atoms with Crippen LogP contribution in [0.4, 0.5) is 8.78 Å². The van der Waals surface area contributed by atoms with E-state index in [9.17, 15) is 8.78 Å². The Morgan fingerprint density at radius 3 is 2.45 bits per heavy atom. The molecule has 0 heterocycles. The number of nitrogens with one attached hydrogen (secondary N) is 1. The Kier molecular flexibility index (Phi) is 5.15. The van der Waals surface area contributed by atoms with Crippen molar-refractivity contribution in [3.63, 3.8) is 0 Å². The molecule has 1 N–H and O–H groups in total. The quantitative estimate of drug-likeness (QED) is 0.824. The maximum atomic E-state index is 14.1. The van der Waals surface area contributed by atoms with Gasteiger partial charge in [0, 0.05) is 22.3 Å². The monoisotopic (exact) mass is 293 g/mol. The maximum absolute atomic E-state index is 14.1. The van der Waals surface area contributed by atoms with Gasteiger partial charge in [-0.1, -0.05) is 24.3 Å². The summed E-state index contributed by atoms with van der Waals surface area (Å²) >= 11 is 1.58. The number of thioether (sulfide) groups is 1. The van der Waals surface area contributed by atoms with Crippen molar-refractivity contribution in [1.82, 2.24) is 5.32 Å². The van der Waals surface area contributed by atoms with Crippen LogP contribution in [-0.2, 0) is 0 Å². The van der Waals surface area contributed by atoms with E-state index in [0.29, 0.717) is 11.3 Å². The maximum Gasteiger partial charge on any atom is 0.133 e. The summed E-state index contributed by atoms with van der Waals surface area (Å²) in [7, 11) is 1.72. The van der Waals surface area contributed by atoms with E-state index in [-0.39, 0.29) is 11.6 Å². The summed E-state index contributed by atoms with van der Waals surface area (Å²) in [6, 6.07) is 12.2. The van der Waals surface area contributed by atoms with Crippen LogP contribution in [-0.4, -0.2) is 12.8 Å². The molecule has 0 aromatic heterocycles. The predicted octanol–water partition coefficient (Wildman–Crippen LogP) is 4.33. The second-order valence-corrected chi connectivity index (χ2v) is 5.65. The Morgan fingerprint density at radius 1 is 1.10 bits per heavy atom. The largest absolute Gasteiger partial charge is 0.312 e. The van der Waals surface area contributed by atoms with Gasteiger partial charge in [-0.15, -0.1) is 11.8 Å². The van der Waals surface area contributed by atoms with E-state index in [4.69, 9.17) is 0 Å². The number of halogens is 2. The third kappa shape index (κ3) is 3.38. The molecule has 0 spiro atoms. The van der Waals surface area contributed by atoms with Gasteiger partial charge in [-0.2, -0.15) is 0 Å². The Balaban J connectivity index is 2.19. The molecule has 0 amide bonds. The minimum atomic E-state index is -0.499. The van der Waals surface area contributed by atoms with E-state index in [1.54, 1.807) is 25.7 Å². The number of rotatable bonds is 5. The second-order valence-electron chi connectivity index (χ2n) is 4.56. The highest BCUT2D eigenvalue weighted by Crippen LogP contribution is 2.28. The van der Waals surface area contributed by atoms with Crippen LogP contribution in [0.5, 0.6) is 0 Å². The van der Waals surface area contributed by atoms with Crippen molar-refractivity contribution in [1.29, 1.82) is 0 Å². The number of aryl methyl sites for hydroxylation is 1. The zero-order chi connectivity index (χ0) is 14.5. The van der Waals surface area contributed by atoms with Crippen LogP contribution in [0.2, 0.25) is 0 Å². The summed E-state index contributed by atoms with van der Waals surface area (Å²) in [5, 5.41) is 3.00. The van der Waals surface area contributed by atoms with Gasteiger partial charge in [-0.3, -0.25) is 0 Å².